The lowest BCUT2D eigenvalue weighted by Crippen LogP contribution is -2.51. The third kappa shape index (κ3) is 4.47. The third-order valence-electron chi connectivity index (χ3n) is 4.27. The fourth-order valence-corrected chi connectivity index (χ4v) is 2.92. The number of carbonyl (C=O) groups excluding carboxylic acids is 1. The van der Waals surface area contributed by atoms with Crippen LogP contribution in [-0.2, 0) is 10.3 Å². The van der Waals surface area contributed by atoms with Crippen molar-refractivity contribution in [3.63, 3.8) is 0 Å². The lowest BCUT2D eigenvalue weighted by molar-refractivity contribution is -0.0512. The normalized spacial score (nSPS) is 15.9. The highest BCUT2D eigenvalue weighted by atomic mass is 19.3. The standard InChI is InChI=1S/C17H20F2N4O5/c1-10-20-14(28-23-10)17(5-7-26-8-6-17)22-16(24)21-11-3-4-12(27-15(18)19)13(9-11)25-2/h3-4,9,15H,5-8H2,1-2H3,(H2,21,22,24). The van der Waals surface area contributed by atoms with Crippen LogP contribution in [0.3, 0.4) is 0 Å². The number of benzene rings is 1. The van der Waals surface area contributed by atoms with Crippen LogP contribution in [0, 0.1) is 6.92 Å². The molecule has 28 heavy (non-hydrogen) atoms. The highest BCUT2D eigenvalue weighted by Crippen LogP contribution is 2.33. The number of hydrogen-bond acceptors (Lipinski definition) is 7. The minimum absolute atomic E-state index is 0.0615. The van der Waals surface area contributed by atoms with Gasteiger partial charge in [-0.2, -0.15) is 13.8 Å². The Bertz CT molecular complexity index is 824. The Morgan fingerprint density at radius 1 is 1.29 bits per heavy atom. The quantitative estimate of drug-likeness (QED) is 0.770. The Labute approximate surface area is 159 Å². The topological polar surface area (TPSA) is 108 Å². The molecule has 0 bridgehead atoms. The monoisotopic (exact) mass is 398 g/mol. The third-order valence-corrected chi connectivity index (χ3v) is 4.27. The largest absolute Gasteiger partial charge is 0.493 e. The molecule has 0 saturated carbocycles. The molecule has 2 N–H and O–H groups in total. The van der Waals surface area contributed by atoms with E-state index in [-0.39, 0.29) is 11.5 Å². The molecular formula is C17H20F2N4O5. The molecule has 2 heterocycles. The molecule has 11 heteroatoms. The maximum atomic E-state index is 12.6. The SMILES string of the molecule is COc1cc(NC(=O)NC2(c3nc(C)no3)CCOCC2)ccc1OC(F)F. The number of carbonyl (C=O) groups is 1. The van der Waals surface area contributed by atoms with E-state index in [1.165, 1.54) is 25.3 Å². The Kier molecular flexibility index (Phi) is 5.93. The molecule has 3 rings (SSSR count). The minimum atomic E-state index is -2.98. The van der Waals surface area contributed by atoms with E-state index in [0.29, 0.717) is 43.5 Å². The minimum Gasteiger partial charge on any atom is -0.493 e. The zero-order valence-corrected chi connectivity index (χ0v) is 15.3. The number of nitrogens with one attached hydrogen (secondary N) is 2. The number of nitrogens with zero attached hydrogens (tertiary/aromatic N) is 2. The summed E-state index contributed by atoms with van der Waals surface area (Å²) < 4.78 is 44.9. The number of urea groups is 1. The van der Waals surface area contributed by atoms with Crippen molar-refractivity contribution in [3.05, 3.63) is 29.9 Å². The van der Waals surface area contributed by atoms with Gasteiger partial charge in [-0.25, -0.2) is 4.79 Å². The summed E-state index contributed by atoms with van der Waals surface area (Å²) >= 11 is 0. The second-order valence-corrected chi connectivity index (χ2v) is 6.16. The zero-order valence-electron chi connectivity index (χ0n) is 15.3. The summed E-state index contributed by atoms with van der Waals surface area (Å²) in [6.45, 7) is -0.443. The second kappa shape index (κ2) is 8.38. The number of amides is 2. The first kappa shape index (κ1) is 19.8. The summed E-state index contributed by atoms with van der Waals surface area (Å²) in [6.07, 6.45) is 0.930. The molecule has 2 aromatic rings. The van der Waals surface area contributed by atoms with Crippen LogP contribution in [0.25, 0.3) is 0 Å². The van der Waals surface area contributed by atoms with Gasteiger partial charge >= 0.3 is 12.6 Å². The van der Waals surface area contributed by atoms with Gasteiger partial charge in [-0.05, 0) is 19.1 Å². The molecule has 1 aliphatic rings. The highest BCUT2D eigenvalue weighted by Gasteiger charge is 2.41. The van der Waals surface area contributed by atoms with Crippen molar-refractivity contribution in [3.8, 4) is 11.5 Å². The van der Waals surface area contributed by atoms with Crippen LogP contribution in [-0.4, -0.2) is 43.1 Å². The van der Waals surface area contributed by atoms with Crippen LogP contribution >= 0.6 is 0 Å². The number of ether oxygens (including phenoxy) is 3. The molecule has 1 aromatic heterocycles. The number of hydrogen-bond donors (Lipinski definition) is 2. The number of aromatic nitrogens is 2. The summed E-state index contributed by atoms with van der Waals surface area (Å²) in [4.78, 5) is 16.8. The number of methoxy groups -OCH3 is 1. The highest BCUT2D eigenvalue weighted by molar-refractivity contribution is 5.90. The average Bonchev–Trinajstić information content (AvgIpc) is 3.10. The first-order valence-corrected chi connectivity index (χ1v) is 8.52. The molecule has 1 aromatic carbocycles. The van der Waals surface area contributed by atoms with Crippen molar-refractivity contribution in [1.82, 2.24) is 15.5 Å². The Balaban J connectivity index is 1.74. The van der Waals surface area contributed by atoms with Crippen LogP contribution in [0.1, 0.15) is 24.6 Å². The van der Waals surface area contributed by atoms with Gasteiger partial charge in [0.2, 0.25) is 0 Å². The van der Waals surface area contributed by atoms with E-state index in [1.54, 1.807) is 6.92 Å². The van der Waals surface area contributed by atoms with Crippen molar-refractivity contribution in [1.29, 1.82) is 0 Å². The number of anilines is 1. The summed E-state index contributed by atoms with van der Waals surface area (Å²) in [5.74, 6) is 0.696. The van der Waals surface area contributed by atoms with Crippen molar-refractivity contribution in [2.75, 3.05) is 25.6 Å². The number of alkyl halides is 2. The van der Waals surface area contributed by atoms with E-state index in [0.717, 1.165) is 0 Å². The van der Waals surface area contributed by atoms with Gasteiger partial charge in [-0.1, -0.05) is 5.16 Å². The maximum Gasteiger partial charge on any atom is 0.387 e. The molecule has 1 saturated heterocycles. The van der Waals surface area contributed by atoms with Gasteiger partial charge in [0.25, 0.3) is 5.89 Å². The molecule has 1 fully saturated rings. The Hall–Kier alpha value is -2.95. The van der Waals surface area contributed by atoms with E-state index in [2.05, 4.69) is 25.5 Å². The van der Waals surface area contributed by atoms with Gasteiger partial charge in [0, 0.05) is 37.8 Å². The van der Waals surface area contributed by atoms with Crippen LogP contribution < -0.4 is 20.1 Å². The summed E-state index contributed by atoms with van der Waals surface area (Å²) in [7, 11) is 1.31. The molecule has 0 radical (unpaired) electrons. The number of halogens is 2. The van der Waals surface area contributed by atoms with Crippen molar-refractivity contribution >= 4 is 11.7 Å². The van der Waals surface area contributed by atoms with E-state index in [1.807, 2.05) is 0 Å². The van der Waals surface area contributed by atoms with Crippen LogP contribution in [0.4, 0.5) is 19.3 Å². The predicted octanol–water partition coefficient (Wildman–Crippen LogP) is 2.82. The fourth-order valence-electron chi connectivity index (χ4n) is 2.92. The summed E-state index contributed by atoms with van der Waals surface area (Å²) in [6, 6.07) is 3.56. The van der Waals surface area contributed by atoms with E-state index < -0.39 is 18.2 Å². The first-order valence-electron chi connectivity index (χ1n) is 8.52. The molecule has 152 valence electrons. The maximum absolute atomic E-state index is 12.6. The molecule has 9 nitrogen and oxygen atoms in total. The predicted molar refractivity (Wildman–Crippen MR) is 92.5 cm³/mol. The van der Waals surface area contributed by atoms with Crippen LogP contribution in [0.2, 0.25) is 0 Å². The smallest absolute Gasteiger partial charge is 0.387 e. The number of aryl methyl sites for hydroxylation is 1. The lowest BCUT2D eigenvalue weighted by Gasteiger charge is -2.34. The Morgan fingerprint density at radius 3 is 2.64 bits per heavy atom. The van der Waals surface area contributed by atoms with Gasteiger partial charge in [0.05, 0.1) is 7.11 Å². The summed E-state index contributed by atoms with van der Waals surface area (Å²) in [5.41, 5.74) is -0.522. The first-order chi connectivity index (χ1) is 13.4. The van der Waals surface area contributed by atoms with Crippen molar-refractivity contribution < 1.29 is 32.3 Å². The molecule has 2 amide bonds. The molecule has 0 unspecified atom stereocenters. The molecule has 0 atom stereocenters. The van der Waals surface area contributed by atoms with Gasteiger partial charge in [-0.3, -0.25) is 0 Å². The van der Waals surface area contributed by atoms with Crippen LogP contribution in [0.5, 0.6) is 11.5 Å². The van der Waals surface area contributed by atoms with E-state index in [4.69, 9.17) is 14.0 Å². The average molecular weight is 398 g/mol. The van der Waals surface area contributed by atoms with Gasteiger partial charge in [0.15, 0.2) is 17.3 Å². The molecule has 1 aliphatic heterocycles. The molecule has 0 aliphatic carbocycles. The van der Waals surface area contributed by atoms with Gasteiger partial charge < -0.3 is 29.4 Å². The Morgan fingerprint density at radius 2 is 2.04 bits per heavy atom. The molecular weight excluding hydrogens is 378 g/mol. The van der Waals surface area contributed by atoms with Crippen LogP contribution in [0.15, 0.2) is 22.7 Å². The lowest BCUT2D eigenvalue weighted by atomic mass is 9.90. The van der Waals surface area contributed by atoms with Gasteiger partial charge in [0.1, 0.15) is 5.54 Å². The van der Waals surface area contributed by atoms with Gasteiger partial charge in [-0.15, -0.1) is 0 Å². The van der Waals surface area contributed by atoms with E-state index in [9.17, 15) is 13.6 Å². The number of rotatable bonds is 6. The zero-order chi connectivity index (χ0) is 20.1. The van der Waals surface area contributed by atoms with Crippen molar-refractivity contribution in [2.24, 2.45) is 0 Å². The van der Waals surface area contributed by atoms with E-state index >= 15 is 0 Å². The summed E-state index contributed by atoms with van der Waals surface area (Å²) in [5, 5.41) is 9.31. The van der Waals surface area contributed by atoms with Crippen molar-refractivity contribution in [2.45, 2.75) is 31.9 Å². The second-order valence-electron chi connectivity index (χ2n) is 6.16. The fraction of sp³-hybridized carbons (Fsp3) is 0.471. The molecule has 0 spiro atoms.